The summed E-state index contributed by atoms with van der Waals surface area (Å²) in [6.07, 6.45) is 7.35. The lowest BCUT2D eigenvalue weighted by molar-refractivity contribution is 0.0654. The van der Waals surface area contributed by atoms with Gasteiger partial charge in [-0.05, 0) is 43.9 Å². The minimum Gasteiger partial charge on any atom is -0.459 e. The first-order valence-corrected chi connectivity index (χ1v) is 6.84. The van der Waals surface area contributed by atoms with Crippen LogP contribution in [-0.2, 0) is 0 Å². The smallest absolute Gasteiger partial charge is 0.289 e. The summed E-state index contributed by atoms with van der Waals surface area (Å²) >= 11 is 0. The van der Waals surface area contributed by atoms with Crippen molar-refractivity contribution in [2.75, 3.05) is 19.6 Å². The van der Waals surface area contributed by atoms with E-state index >= 15 is 0 Å². The van der Waals surface area contributed by atoms with Gasteiger partial charge in [0.05, 0.1) is 6.26 Å². The number of hydrogen-bond donors (Lipinski definition) is 1. The minimum absolute atomic E-state index is 0.0282. The van der Waals surface area contributed by atoms with Gasteiger partial charge in [-0.25, -0.2) is 0 Å². The normalized spacial score (nSPS) is 17.1. The maximum Gasteiger partial charge on any atom is 0.289 e. The fraction of sp³-hybridized carbons (Fsp3) is 0.643. The van der Waals surface area contributed by atoms with E-state index in [0.29, 0.717) is 5.76 Å². The molecule has 0 bridgehead atoms. The molecule has 1 fully saturated rings. The van der Waals surface area contributed by atoms with Crippen molar-refractivity contribution in [1.82, 2.24) is 4.90 Å². The van der Waals surface area contributed by atoms with Crippen LogP contribution in [0.4, 0.5) is 0 Å². The molecule has 1 saturated heterocycles. The van der Waals surface area contributed by atoms with Crippen LogP contribution in [-0.4, -0.2) is 30.4 Å². The zero-order chi connectivity index (χ0) is 12.8. The molecule has 100 valence electrons. The van der Waals surface area contributed by atoms with Crippen LogP contribution in [0.2, 0.25) is 0 Å². The number of piperidine rings is 1. The summed E-state index contributed by atoms with van der Waals surface area (Å²) in [6, 6.07) is 3.49. The molecule has 4 nitrogen and oxygen atoms in total. The Hall–Kier alpha value is -1.29. The molecule has 0 spiro atoms. The van der Waals surface area contributed by atoms with Gasteiger partial charge in [0.1, 0.15) is 0 Å². The van der Waals surface area contributed by atoms with E-state index < -0.39 is 0 Å². The molecule has 4 heteroatoms. The van der Waals surface area contributed by atoms with E-state index in [-0.39, 0.29) is 5.91 Å². The summed E-state index contributed by atoms with van der Waals surface area (Å²) in [5, 5.41) is 0. The highest BCUT2D eigenvalue weighted by molar-refractivity contribution is 5.91. The van der Waals surface area contributed by atoms with Gasteiger partial charge in [-0.1, -0.05) is 12.8 Å². The molecule has 1 aromatic heterocycles. The molecule has 1 amide bonds. The number of furan rings is 1. The molecule has 0 atom stereocenters. The highest BCUT2D eigenvalue weighted by Crippen LogP contribution is 2.23. The molecule has 0 aliphatic carbocycles. The van der Waals surface area contributed by atoms with Gasteiger partial charge in [0.25, 0.3) is 5.91 Å². The maximum absolute atomic E-state index is 12.0. The van der Waals surface area contributed by atoms with Crippen molar-refractivity contribution in [3.05, 3.63) is 24.2 Å². The Bertz CT molecular complexity index is 354. The van der Waals surface area contributed by atoms with Gasteiger partial charge in [-0.3, -0.25) is 4.79 Å². The van der Waals surface area contributed by atoms with Gasteiger partial charge >= 0.3 is 0 Å². The van der Waals surface area contributed by atoms with E-state index in [9.17, 15) is 4.79 Å². The Kier molecular flexibility index (Phi) is 4.81. The van der Waals surface area contributed by atoms with Crippen LogP contribution >= 0.6 is 0 Å². The zero-order valence-electron chi connectivity index (χ0n) is 10.8. The lowest BCUT2D eigenvalue weighted by Gasteiger charge is -2.31. The number of nitrogens with zero attached hydrogens (tertiary/aromatic N) is 1. The molecule has 2 N–H and O–H groups in total. The number of amides is 1. The van der Waals surface area contributed by atoms with Crippen LogP contribution in [0.15, 0.2) is 22.8 Å². The molecule has 1 aliphatic heterocycles. The molecule has 1 aliphatic rings. The molecule has 0 unspecified atom stereocenters. The first-order chi connectivity index (χ1) is 8.81. The topological polar surface area (TPSA) is 59.5 Å². The van der Waals surface area contributed by atoms with Gasteiger partial charge in [0.2, 0.25) is 0 Å². The number of nitrogens with two attached hydrogens (primary N) is 1. The van der Waals surface area contributed by atoms with Crippen molar-refractivity contribution in [2.45, 2.75) is 32.1 Å². The van der Waals surface area contributed by atoms with Crippen LogP contribution in [0.25, 0.3) is 0 Å². The standard InChI is InChI=1S/C14H22N2O2/c15-8-2-1-4-12-6-9-16(10-7-12)14(17)13-5-3-11-18-13/h3,5,11-12H,1-2,4,6-10,15H2. The van der Waals surface area contributed by atoms with Gasteiger partial charge in [-0.15, -0.1) is 0 Å². The molecule has 0 aromatic carbocycles. The molecule has 0 radical (unpaired) electrons. The van der Waals surface area contributed by atoms with Crippen molar-refractivity contribution in [3.63, 3.8) is 0 Å². The average Bonchev–Trinajstić information content (AvgIpc) is 2.93. The predicted molar refractivity (Wildman–Crippen MR) is 70.2 cm³/mol. The summed E-state index contributed by atoms with van der Waals surface area (Å²) in [4.78, 5) is 13.9. The van der Waals surface area contributed by atoms with Crippen LogP contribution in [0, 0.1) is 5.92 Å². The highest BCUT2D eigenvalue weighted by atomic mass is 16.3. The second kappa shape index (κ2) is 6.59. The molecule has 18 heavy (non-hydrogen) atoms. The van der Waals surface area contributed by atoms with Gasteiger partial charge in [0.15, 0.2) is 5.76 Å². The quantitative estimate of drug-likeness (QED) is 0.815. The van der Waals surface area contributed by atoms with Crippen molar-refractivity contribution in [2.24, 2.45) is 11.7 Å². The Morgan fingerprint density at radius 2 is 2.17 bits per heavy atom. The fourth-order valence-electron chi connectivity index (χ4n) is 2.56. The average molecular weight is 250 g/mol. The third-order valence-electron chi connectivity index (χ3n) is 3.70. The van der Waals surface area contributed by atoms with Crippen LogP contribution in [0.3, 0.4) is 0 Å². The van der Waals surface area contributed by atoms with Gasteiger partial charge < -0.3 is 15.1 Å². The van der Waals surface area contributed by atoms with E-state index in [4.69, 9.17) is 10.2 Å². The largest absolute Gasteiger partial charge is 0.459 e. The Morgan fingerprint density at radius 3 is 2.78 bits per heavy atom. The number of carbonyl (C=O) groups excluding carboxylic acids is 1. The van der Waals surface area contributed by atoms with Crippen LogP contribution < -0.4 is 5.73 Å². The Balaban J connectivity index is 1.75. The highest BCUT2D eigenvalue weighted by Gasteiger charge is 2.24. The summed E-state index contributed by atoms with van der Waals surface area (Å²) in [7, 11) is 0. The second-order valence-electron chi connectivity index (χ2n) is 5.00. The van der Waals surface area contributed by atoms with E-state index in [2.05, 4.69) is 0 Å². The monoisotopic (exact) mass is 250 g/mol. The van der Waals surface area contributed by atoms with Crippen molar-refractivity contribution in [1.29, 1.82) is 0 Å². The zero-order valence-corrected chi connectivity index (χ0v) is 10.8. The molecule has 2 heterocycles. The SMILES string of the molecule is NCCCCC1CCN(C(=O)c2ccco2)CC1. The summed E-state index contributed by atoms with van der Waals surface area (Å²) < 4.78 is 5.15. The van der Waals surface area contributed by atoms with Crippen molar-refractivity contribution >= 4 is 5.91 Å². The fourth-order valence-corrected chi connectivity index (χ4v) is 2.56. The number of hydrogen-bond acceptors (Lipinski definition) is 3. The van der Waals surface area contributed by atoms with Crippen molar-refractivity contribution in [3.8, 4) is 0 Å². The lowest BCUT2D eigenvalue weighted by Crippen LogP contribution is -2.38. The first kappa shape index (κ1) is 13.1. The number of carbonyl (C=O) groups is 1. The Morgan fingerprint density at radius 1 is 1.39 bits per heavy atom. The van der Waals surface area contributed by atoms with Gasteiger partial charge in [0, 0.05) is 13.1 Å². The Labute approximate surface area is 108 Å². The van der Waals surface area contributed by atoms with Crippen LogP contribution in [0.5, 0.6) is 0 Å². The summed E-state index contributed by atoms with van der Waals surface area (Å²) in [5.74, 6) is 1.24. The third-order valence-corrected chi connectivity index (χ3v) is 3.70. The van der Waals surface area contributed by atoms with E-state index in [1.807, 2.05) is 4.90 Å². The molecule has 0 saturated carbocycles. The first-order valence-electron chi connectivity index (χ1n) is 6.84. The molecular weight excluding hydrogens is 228 g/mol. The number of likely N-dealkylation sites (tertiary alicyclic amines) is 1. The molecule has 1 aromatic rings. The molecule has 2 rings (SSSR count). The predicted octanol–water partition coefficient (Wildman–Crippen LogP) is 2.26. The van der Waals surface area contributed by atoms with Gasteiger partial charge in [-0.2, -0.15) is 0 Å². The summed E-state index contributed by atoms with van der Waals surface area (Å²) in [5.41, 5.74) is 5.50. The second-order valence-corrected chi connectivity index (χ2v) is 5.00. The molecular formula is C14H22N2O2. The maximum atomic E-state index is 12.0. The summed E-state index contributed by atoms with van der Waals surface area (Å²) in [6.45, 7) is 2.50. The van der Waals surface area contributed by atoms with E-state index in [0.717, 1.165) is 44.8 Å². The number of rotatable bonds is 5. The van der Waals surface area contributed by atoms with Crippen molar-refractivity contribution < 1.29 is 9.21 Å². The third kappa shape index (κ3) is 3.35. The number of unbranched alkanes of at least 4 members (excludes halogenated alkanes) is 1. The van der Waals surface area contributed by atoms with E-state index in [1.165, 1.54) is 12.8 Å². The minimum atomic E-state index is 0.0282. The lowest BCUT2D eigenvalue weighted by atomic mass is 9.91. The van der Waals surface area contributed by atoms with Crippen LogP contribution in [0.1, 0.15) is 42.7 Å². The van der Waals surface area contributed by atoms with E-state index in [1.54, 1.807) is 18.4 Å².